The highest BCUT2D eigenvalue weighted by Crippen LogP contribution is 2.31. The van der Waals surface area contributed by atoms with Gasteiger partial charge in [-0.1, -0.05) is 32.0 Å². The monoisotopic (exact) mass is 418 g/mol. The molecular formula is C26H34N4O. The van der Waals surface area contributed by atoms with Gasteiger partial charge < -0.3 is 19.9 Å². The van der Waals surface area contributed by atoms with Crippen LogP contribution in [0.4, 0.5) is 5.69 Å². The second kappa shape index (κ2) is 9.25. The third-order valence-corrected chi connectivity index (χ3v) is 6.75. The number of aromatic amines is 1. The molecule has 0 unspecified atom stereocenters. The summed E-state index contributed by atoms with van der Waals surface area (Å²) < 4.78 is 0. The third-order valence-electron chi connectivity index (χ3n) is 6.75. The van der Waals surface area contributed by atoms with E-state index in [0.717, 1.165) is 49.6 Å². The quantitative estimate of drug-likeness (QED) is 0.596. The van der Waals surface area contributed by atoms with Gasteiger partial charge in [0.15, 0.2) is 0 Å². The molecule has 0 atom stereocenters. The van der Waals surface area contributed by atoms with Crippen LogP contribution in [0.2, 0.25) is 0 Å². The summed E-state index contributed by atoms with van der Waals surface area (Å²) in [6, 6.07) is 15.0. The summed E-state index contributed by atoms with van der Waals surface area (Å²) in [7, 11) is 2.19. The van der Waals surface area contributed by atoms with Gasteiger partial charge in [-0.25, -0.2) is 0 Å². The molecule has 1 aliphatic rings. The van der Waals surface area contributed by atoms with Gasteiger partial charge in [-0.2, -0.15) is 0 Å². The molecule has 4 rings (SSSR count). The van der Waals surface area contributed by atoms with Crippen LogP contribution in [0.25, 0.3) is 11.3 Å². The molecule has 3 heterocycles. The minimum atomic E-state index is -0.849. The number of para-hydroxylation sites is 1. The fourth-order valence-electron chi connectivity index (χ4n) is 4.47. The highest BCUT2D eigenvalue weighted by Gasteiger charge is 2.26. The topological polar surface area (TPSA) is 55.4 Å². The predicted octanol–water partition coefficient (Wildman–Crippen LogP) is 4.43. The van der Waals surface area contributed by atoms with Gasteiger partial charge in [-0.15, -0.1) is 0 Å². The van der Waals surface area contributed by atoms with Gasteiger partial charge in [-0.05, 0) is 55.3 Å². The van der Waals surface area contributed by atoms with Crippen LogP contribution in [0.15, 0.2) is 54.9 Å². The number of pyridine rings is 1. The Morgan fingerprint density at radius 2 is 1.71 bits per heavy atom. The Morgan fingerprint density at radius 1 is 0.968 bits per heavy atom. The van der Waals surface area contributed by atoms with E-state index >= 15 is 0 Å². The van der Waals surface area contributed by atoms with E-state index in [-0.39, 0.29) is 0 Å². The molecule has 5 nitrogen and oxygen atoms in total. The molecule has 0 saturated carbocycles. The molecule has 1 fully saturated rings. The third kappa shape index (κ3) is 4.53. The van der Waals surface area contributed by atoms with Gasteiger partial charge in [0, 0.05) is 56.2 Å². The van der Waals surface area contributed by atoms with Gasteiger partial charge in [0.1, 0.15) is 5.60 Å². The van der Waals surface area contributed by atoms with Crippen LogP contribution in [0.5, 0.6) is 0 Å². The first-order chi connectivity index (χ1) is 15.0. The van der Waals surface area contributed by atoms with Crippen molar-refractivity contribution < 1.29 is 5.11 Å². The average Bonchev–Trinajstić information content (AvgIpc) is 3.28. The molecule has 31 heavy (non-hydrogen) atoms. The molecule has 0 bridgehead atoms. The SMILES string of the molecule is CCC(O)(CC)c1ccc(-c2[nH]ccc2Cc2ccccc2N2CCN(C)CC2)cn1. The average molecular weight is 419 g/mol. The smallest absolute Gasteiger partial charge is 0.106 e. The molecule has 0 amide bonds. The molecule has 1 aromatic carbocycles. The first kappa shape index (κ1) is 21.6. The number of nitrogens with zero attached hydrogens (tertiary/aromatic N) is 3. The van der Waals surface area contributed by atoms with Gasteiger partial charge in [0.2, 0.25) is 0 Å². The molecule has 2 N–H and O–H groups in total. The molecule has 0 spiro atoms. The maximum atomic E-state index is 10.8. The lowest BCUT2D eigenvalue weighted by Gasteiger charge is -2.35. The Bertz CT molecular complexity index is 983. The Balaban J connectivity index is 1.58. The number of piperazine rings is 1. The van der Waals surface area contributed by atoms with E-state index in [1.807, 2.05) is 32.3 Å². The number of nitrogens with one attached hydrogen (secondary N) is 1. The van der Waals surface area contributed by atoms with E-state index in [1.54, 1.807) is 0 Å². The molecule has 3 aromatic rings. The van der Waals surface area contributed by atoms with Crippen molar-refractivity contribution in [2.24, 2.45) is 0 Å². The van der Waals surface area contributed by atoms with Gasteiger partial charge >= 0.3 is 0 Å². The summed E-state index contributed by atoms with van der Waals surface area (Å²) in [5.41, 5.74) is 6.00. The Morgan fingerprint density at radius 3 is 2.39 bits per heavy atom. The van der Waals surface area contributed by atoms with Crippen LogP contribution in [-0.4, -0.2) is 53.2 Å². The molecule has 2 aromatic heterocycles. The Hall–Kier alpha value is -2.63. The number of hydrogen-bond donors (Lipinski definition) is 2. The van der Waals surface area contributed by atoms with Crippen molar-refractivity contribution in [3.63, 3.8) is 0 Å². The highest BCUT2D eigenvalue weighted by molar-refractivity contribution is 5.65. The molecule has 5 heteroatoms. The van der Waals surface area contributed by atoms with Gasteiger partial charge in [0.25, 0.3) is 0 Å². The van der Waals surface area contributed by atoms with E-state index in [4.69, 9.17) is 0 Å². The number of aromatic nitrogens is 2. The fourth-order valence-corrected chi connectivity index (χ4v) is 4.47. The first-order valence-electron chi connectivity index (χ1n) is 11.4. The molecule has 1 aliphatic heterocycles. The molecule has 1 saturated heterocycles. The number of benzene rings is 1. The van der Waals surface area contributed by atoms with Crippen molar-refractivity contribution in [2.75, 3.05) is 38.1 Å². The van der Waals surface area contributed by atoms with Crippen molar-refractivity contribution in [2.45, 2.75) is 38.7 Å². The lowest BCUT2D eigenvalue weighted by atomic mass is 9.92. The normalized spacial score (nSPS) is 15.4. The second-order valence-corrected chi connectivity index (χ2v) is 8.64. The van der Waals surface area contributed by atoms with Crippen LogP contribution < -0.4 is 4.90 Å². The molecular weight excluding hydrogens is 384 g/mol. The second-order valence-electron chi connectivity index (χ2n) is 8.64. The molecule has 0 aliphatic carbocycles. The lowest BCUT2D eigenvalue weighted by molar-refractivity contribution is 0.0240. The minimum Gasteiger partial charge on any atom is -0.384 e. The zero-order valence-corrected chi connectivity index (χ0v) is 18.9. The Kier molecular flexibility index (Phi) is 6.44. The van der Waals surface area contributed by atoms with Gasteiger partial charge in [-0.3, -0.25) is 4.98 Å². The van der Waals surface area contributed by atoms with Crippen molar-refractivity contribution in [1.29, 1.82) is 0 Å². The van der Waals surface area contributed by atoms with Crippen LogP contribution in [0.3, 0.4) is 0 Å². The summed E-state index contributed by atoms with van der Waals surface area (Å²) in [5, 5.41) is 10.8. The van der Waals surface area contributed by atoms with Crippen molar-refractivity contribution >= 4 is 5.69 Å². The molecule has 164 valence electrons. The maximum Gasteiger partial charge on any atom is 0.106 e. The summed E-state index contributed by atoms with van der Waals surface area (Å²) >= 11 is 0. The highest BCUT2D eigenvalue weighted by atomic mass is 16.3. The van der Waals surface area contributed by atoms with E-state index in [2.05, 4.69) is 63.2 Å². The van der Waals surface area contributed by atoms with Crippen LogP contribution >= 0.6 is 0 Å². The number of anilines is 1. The number of likely N-dealkylation sites (N-methyl/N-ethyl adjacent to an activating group) is 1. The minimum absolute atomic E-state index is 0.659. The van der Waals surface area contributed by atoms with Crippen molar-refractivity contribution in [3.05, 3.63) is 71.7 Å². The number of hydrogen-bond acceptors (Lipinski definition) is 4. The van der Waals surface area contributed by atoms with E-state index < -0.39 is 5.60 Å². The van der Waals surface area contributed by atoms with E-state index in [9.17, 15) is 5.11 Å². The van der Waals surface area contributed by atoms with Crippen LogP contribution in [0.1, 0.15) is 43.5 Å². The number of rotatable bonds is 7. The fraction of sp³-hybridized carbons (Fsp3) is 0.423. The zero-order valence-electron chi connectivity index (χ0n) is 18.9. The van der Waals surface area contributed by atoms with Crippen LogP contribution in [0, 0.1) is 0 Å². The summed E-state index contributed by atoms with van der Waals surface area (Å²) in [5.74, 6) is 0. The largest absolute Gasteiger partial charge is 0.384 e. The summed E-state index contributed by atoms with van der Waals surface area (Å²) in [4.78, 5) is 12.9. The van der Waals surface area contributed by atoms with E-state index in [0.29, 0.717) is 12.8 Å². The predicted molar refractivity (Wildman–Crippen MR) is 127 cm³/mol. The van der Waals surface area contributed by atoms with Crippen molar-refractivity contribution in [1.82, 2.24) is 14.9 Å². The van der Waals surface area contributed by atoms with E-state index in [1.165, 1.54) is 16.8 Å². The maximum absolute atomic E-state index is 10.8. The summed E-state index contributed by atoms with van der Waals surface area (Å²) in [6.45, 7) is 8.33. The first-order valence-corrected chi connectivity index (χ1v) is 11.4. The number of H-pyrrole nitrogens is 1. The van der Waals surface area contributed by atoms with Crippen molar-refractivity contribution in [3.8, 4) is 11.3 Å². The number of aliphatic hydroxyl groups is 1. The zero-order chi connectivity index (χ0) is 21.8. The lowest BCUT2D eigenvalue weighted by Crippen LogP contribution is -2.44. The van der Waals surface area contributed by atoms with Crippen LogP contribution in [-0.2, 0) is 12.0 Å². The molecule has 0 radical (unpaired) electrons. The standard InChI is InChI=1S/C26H34N4O/c1-4-26(31,5-2)24-11-10-22(19-28-24)25-21(12-13-27-25)18-20-8-6-7-9-23(20)30-16-14-29(3)15-17-30/h6-13,19,27,31H,4-5,14-18H2,1-3H3. The summed E-state index contributed by atoms with van der Waals surface area (Å²) in [6.07, 6.45) is 6.08. The van der Waals surface area contributed by atoms with Gasteiger partial charge in [0.05, 0.1) is 11.4 Å². The Labute approximate surface area is 185 Å².